The van der Waals surface area contributed by atoms with Crippen molar-refractivity contribution in [3.8, 4) is 0 Å². The first-order chi connectivity index (χ1) is 5.20. The highest BCUT2D eigenvalue weighted by molar-refractivity contribution is 4.98. The average Bonchev–Trinajstić information content (AvgIpc) is 2.31. The number of rotatable bonds is 3. The Bertz CT molecular complexity index is 147. The maximum Gasteiger partial charge on any atom is 0.152 e. The SMILES string of the molecule is OC(O)CCN1CC=CC1O. The minimum absolute atomic E-state index is 0.277. The van der Waals surface area contributed by atoms with Gasteiger partial charge >= 0.3 is 0 Å². The van der Waals surface area contributed by atoms with E-state index < -0.39 is 12.5 Å². The van der Waals surface area contributed by atoms with Gasteiger partial charge < -0.3 is 15.3 Å². The second-order valence-electron chi connectivity index (χ2n) is 2.61. The van der Waals surface area contributed by atoms with E-state index in [2.05, 4.69) is 0 Å². The van der Waals surface area contributed by atoms with E-state index in [9.17, 15) is 5.11 Å². The Morgan fingerprint density at radius 3 is 2.73 bits per heavy atom. The Morgan fingerprint density at radius 1 is 1.55 bits per heavy atom. The third kappa shape index (κ3) is 2.59. The lowest BCUT2D eigenvalue weighted by atomic mass is 10.4. The van der Waals surface area contributed by atoms with Gasteiger partial charge in [-0.25, -0.2) is 0 Å². The van der Waals surface area contributed by atoms with E-state index >= 15 is 0 Å². The van der Waals surface area contributed by atoms with Crippen LogP contribution in [-0.4, -0.2) is 45.8 Å². The van der Waals surface area contributed by atoms with Crippen LogP contribution < -0.4 is 0 Å². The largest absolute Gasteiger partial charge is 0.375 e. The lowest BCUT2D eigenvalue weighted by Crippen LogP contribution is -2.32. The maximum atomic E-state index is 9.18. The van der Waals surface area contributed by atoms with Crippen LogP contribution in [0.25, 0.3) is 0 Å². The Labute approximate surface area is 65.4 Å². The molecule has 0 radical (unpaired) electrons. The van der Waals surface area contributed by atoms with E-state index in [0.29, 0.717) is 13.1 Å². The molecule has 0 saturated carbocycles. The molecule has 0 aromatic carbocycles. The van der Waals surface area contributed by atoms with Crippen molar-refractivity contribution < 1.29 is 15.3 Å². The van der Waals surface area contributed by atoms with Crippen LogP contribution in [0.2, 0.25) is 0 Å². The van der Waals surface area contributed by atoms with Gasteiger partial charge in [0.25, 0.3) is 0 Å². The molecule has 3 N–H and O–H groups in total. The van der Waals surface area contributed by atoms with E-state index in [4.69, 9.17) is 10.2 Å². The summed E-state index contributed by atoms with van der Waals surface area (Å²) in [6.07, 6.45) is 1.99. The molecule has 0 amide bonds. The first-order valence-electron chi connectivity index (χ1n) is 3.65. The summed E-state index contributed by atoms with van der Waals surface area (Å²) in [6.45, 7) is 1.19. The molecule has 1 unspecified atom stereocenters. The smallest absolute Gasteiger partial charge is 0.152 e. The third-order valence-electron chi connectivity index (χ3n) is 1.70. The molecule has 11 heavy (non-hydrogen) atoms. The Hall–Kier alpha value is -0.420. The lowest BCUT2D eigenvalue weighted by Gasteiger charge is -2.19. The summed E-state index contributed by atoms with van der Waals surface area (Å²) in [4.78, 5) is 1.75. The van der Waals surface area contributed by atoms with Crippen LogP contribution in [0.3, 0.4) is 0 Å². The van der Waals surface area contributed by atoms with Gasteiger partial charge in [0.2, 0.25) is 0 Å². The second-order valence-corrected chi connectivity index (χ2v) is 2.61. The lowest BCUT2D eigenvalue weighted by molar-refractivity contribution is -0.0566. The molecule has 1 aliphatic heterocycles. The fraction of sp³-hybridized carbons (Fsp3) is 0.714. The van der Waals surface area contributed by atoms with Crippen LogP contribution in [0.5, 0.6) is 0 Å². The quantitative estimate of drug-likeness (QED) is 0.360. The second kappa shape index (κ2) is 3.82. The zero-order chi connectivity index (χ0) is 8.27. The summed E-state index contributed by atoms with van der Waals surface area (Å²) >= 11 is 0. The molecular formula is C7H13NO3. The molecule has 0 saturated heterocycles. The topological polar surface area (TPSA) is 63.9 Å². The van der Waals surface area contributed by atoms with Gasteiger partial charge in [-0.05, 0) is 6.08 Å². The highest BCUT2D eigenvalue weighted by Crippen LogP contribution is 2.07. The van der Waals surface area contributed by atoms with Crippen LogP contribution in [0.1, 0.15) is 6.42 Å². The summed E-state index contributed by atoms with van der Waals surface area (Å²) in [5.74, 6) is 0. The Kier molecular flexibility index (Phi) is 3.02. The molecule has 1 heterocycles. The van der Waals surface area contributed by atoms with Crippen LogP contribution in [-0.2, 0) is 0 Å². The van der Waals surface area contributed by atoms with Crippen LogP contribution in [0, 0.1) is 0 Å². The van der Waals surface area contributed by atoms with E-state index in [-0.39, 0.29) is 6.42 Å². The standard InChI is InChI=1S/C7H13NO3/c9-6-2-1-4-8(6)5-3-7(10)11/h1-2,6-7,9-11H,3-5H2. The zero-order valence-electron chi connectivity index (χ0n) is 6.22. The monoisotopic (exact) mass is 159 g/mol. The summed E-state index contributed by atoms with van der Waals surface area (Å²) in [7, 11) is 0. The number of nitrogens with zero attached hydrogens (tertiary/aromatic N) is 1. The van der Waals surface area contributed by atoms with Gasteiger partial charge in [0, 0.05) is 19.5 Å². The number of aliphatic hydroxyl groups is 3. The van der Waals surface area contributed by atoms with E-state index in [0.717, 1.165) is 0 Å². The summed E-state index contributed by atoms with van der Waals surface area (Å²) in [5.41, 5.74) is 0. The van der Waals surface area contributed by atoms with Crippen molar-refractivity contribution in [3.05, 3.63) is 12.2 Å². The molecular weight excluding hydrogens is 146 g/mol. The molecule has 0 fully saturated rings. The number of aliphatic hydroxyl groups excluding tert-OH is 2. The van der Waals surface area contributed by atoms with Gasteiger partial charge in [0.15, 0.2) is 6.29 Å². The summed E-state index contributed by atoms with van der Waals surface area (Å²) in [6, 6.07) is 0. The normalized spacial score (nSPS) is 25.3. The van der Waals surface area contributed by atoms with Crippen molar-refractivity contribution in [2.45, 2.75) is 18.9 Å². The van der Waals surface area contributed by atoms with E-state index in [1.54, 1.807) is 11.0 Å². The molecule has 4 heteroatoms. The van der Waals surface area contributed by atoms with Gasteiger partial charge in [-0.15, -0.1) is 0 Å². The molecule has 1 rings (SSSR count). The van der Waals surface area contributed by atoms with Crippen molar-refractivity contribution in [2.75, 3.05) is 13.1 Å². The predicted octanol–water partition coefficient (Wildman–Crippen LogP) is -1.12. The van der Waals surface area contributed by atoms with Gasteiger partial charge in [-0.1, -0.05) is 6.08 Å². The number of hydrogen-bond donors (Lipinski definition) is 3. The molecule has 0 aromatic heterocycles. The fourth-order valence-electron chi connectivity index (χ4n) is 1.05. The Morgan fingerprint density at radius 2 is 2.27 bits per heavy atom. The minimum Gasteiger partial charge on any atom is -0.375 e. The van der Waals surface area contributed by atoms with Gasteiger partial charge in [-0.3, -0.25) is 4.90 Å². The number of hydrogen-bond acceptors (Lipinski definition) is 4. The molecule has 0 aromatic rings. The fourth-order valence-corrected chi connectivity index (χ4v) is 1.05. The van der Waals surface area contributed by atoms with Crippen molar-refractivity contribution in [1.82, 2.24) is 4.90 Å². The first-order valence-corrected chi connectivity index (χ1v) is 3.65. The highest BCUT2D eigenvalue weighted by atomic mass is 16.5. The maximum absolute atomic E-state index is 9.18. The predicted molar refractivity (Wildman–Crippen MR) is 39.6 cm³/mol. The molecule has 4 nitrogen and oxygen atoms in total. The molecule has 1 aliphatic rings. The van der Waals surface area contributed by atoms with Crippen LogP contribution in [0.4, 0.5) is 0 Å². The molecule has 1 atom stereocenters. The molecule has 0 aliphatic carbocycles. The van der Waals surface area contributed by atoms with Gasteiger partial charge in [0.05, 0.1) is 0 Å². The first kappa shape index (κ1) is 8.67. The zero-order valence-corrected chi connectivity index (χ0v) is 6.22. The minimum atomic E-state index is -1.28. The highest BCUT2D eigenvalue weighted by Gasteiger charge is 2.16. The van der Waals surface area contributed by atoms with E-state index in [1.165, 1.54) is 0 Å². The van der Waals surface area contributed by atoms with Crippen molar-refractivity contribution in [2.24, 2.45) is 0 Å². The molecule has 64 valence electrons. The van der Waals surface area contributed by atoms with Gasteiger partial charge in [0.1, 0.15) is 6.23 Å². The average molecular weight is 159 g/mol. The Balaban J connectivity index is 2.18. The van der Waals surface area contributed by atoms with E-state index in [1.807, 2.05) is 6.08 Å². The van der Waals surface area contributed by atoms with Crippen molar-refractivity contribution in [1.29, 1.82) is 0 Å². The van der Waals surface area contributed by atoms with Crippen LogP contribution >= 0.6 is 0 Å². The van der Waals surface area contributed by atoms with Gasteiger partial charge in [-0.2, -0.15) is 0 Å². The third-order valence-corrected chi connectivity index (χ3v) is 1.70. The van der Waals surface area contributed by atoms with Crippen LogP contribution in [0.15, 0.2) is 12.2 Å². The molecule has 0 bridgehead atoms. The van der Waals surface area contributed by atoms with Crippen molar-refractivity contribution >= 4 is 0 Å². The van der Waals surface area contributed by atoms with Crippen molar-refractivity contribution in [3.63, 3.8) is 0 Å². The summed E-state index contributed by atoms with van der Waals surface area (Å²) in [5, 5.41) is 26.2. The summed E-state index contributed by atoms with van der Waals surface area (Å²) < 4.78 is 0. The molecule has 0 spiro atoms.